The molecule has 2 fully saturated rings. The van der Waals surface area contributed by atoms with Gasteiger partial charge in [-0.3, -0.25) is 15.0 Å². The quantitative estimate of drug-likeness (QED) is 0.667. The lowest BCUT2D eigenvalue weighted by Gasteiger charge is -2.17. The fourth-order valence-corrected chi connectivity index (χ4v) is 2.86. The fourth-order valence-electron chi connectivity index (χ4n) is 2.86. The molecule has 1 saturated heterocycles. The smallest absolute Gasteiger partial charge is 0.313 e. The minimum absolute atomic E-state index is 0.0703. The molecule has 1 unspecified atom stereocenters. The van der Waals surface area contributed by atoms with E-state index in [2.05, 4.69) is 10.2 Å². The minimum Gasteiger partial charge on any atom is -0.490 e. The highest BCUT2D eigenvalue weighted by molar-refractivity contribution is 5.59. The molecule has 1 aliphatic carbocycles. The zero-order chi connectivity index (χ0) is 15.0. The number of rotatable bonds is 5. The van der Waals surface area contributed by atoms with E-state index in [9.17, 15) is 14.5 Å². The normalized spacial score (nSPS) is 22.3. The molecule has 6 nitrogen and oxygen atoms in total. The van der Waals surface area contributed by atoms with E-state index in [1.807, 2.05) is 0 Å². The van der Waals surface area contributed by atoms with Crippen molar-refractivity contribution in [2.45, 2.75) is 31.3 Å². The van der Waals surface area contributed by atoms with Gasteiger partial charge in [0, 0.05) is 31.2 Å². The predicted molar refractivity (Wildman–Crippen MR) is 76.2 cm³/mol. The Kier molecular flexibility index (Phi) is 3.67. The second-order valence-electron chi connectivity index (χ2n) is 5.62. The summed E-state index contributed by atoms with van der Waals surface area (Å²) in [5.74, 6) is -0.548. The van der Waals surface area contributed by atoms with Crippen LogP contribution in [0.15, 0.2) is 12.1 Å². The second-order valence-corrected chi connectivity index (χ2v) is 5.62. The third-order valence-electron chi connectivity index (χ3n) is 4.11. The molecule has 0 spiro atoms. The molecule has 0 amide bonds. The van der Waals surface area contributed by atoms with Gasteiger partial charge < -0.3 is 10.1 Å². The summed E-state index contributed by atoms with van der Waals surface area (Å²) in [5, 5.41) is 14.0. The Morgan fingerprint density at radius 2 is 2.19 bits per heavy atom. The van der Waals surface area contributed by atoms with E-state index in [1.165, 1.54) is 26.0 Å². The van der Waals surface area contributed by atoms with Crippen LogP contribution in [0.25, 0.3) is 0 Å². The number of hydrogen-bond acceptors (Lipinski definition) is 5. The fraction of sp³-hybridized carbons (Fsp3) is 0.571. The first-order valence-electron chi connectivity index (χ1n) is 7.11. The average Bonchev–Trinajstić information content (AvgIpc) is 3.21. The van der Waals surface area contributed by atoms with E-state index in [1.54, 1.807) is 0 Å². The third-order valence-corrected chi connectivity index (χ3v) is 4.11. The van der Waals surface area contributed by atoms with Crippen LogP contribution in [0.2, 0.25) is 0 Å². The molecule has 0 radical (unpaired) electrons. The lowest BCUT2D eigenvalue weighted by atomic mass is 10.2. The molecular formula is C14H18FN3O3. The SMILES string of the molecule is COc1cc(NC2CCN(C3CC3)C2)c(F)cc1[N+](=O)[O-]. The van der Waals surface area contributed by atoms with Crippen molar-refractivity contribution in [1.29, 1.82) is 0 Å². The number of anilines is 1. The molecule has 114 valence electrons. The summed E-state index contributed by atoms with van der Waals surface area (Å²) < 4.78 is 19.0. The molecule has 21 heavy (non-hydrogen) atoms. The molecule has 2 aliphatic rings. The monoisotopic (exact) mass is 295 g/mol. The molecule has 1 heterocycles. The number of halogens is 1. The molecule has 1 atom stereocenters. The van der Waals surface area contributed by atoms with Crippen molar-refractivity contribution in [3.05, 3.63) is 28.1 Å². The summed E-state index contributed by atoms with van der Waals surface area (Å²) in [4.78, 5) is 12.6. The Hall–Kier alpha value is -1.89. The van der Waals surface area contributed by atoms with Crippen molar-refractivity contribution < 1.29 is 14.1 Å². The Balaban J connectivity index is 1.74. The topological polar surface area (TPSA) is 67.6 Å². The van der Waals surface area contributed by atoms with E-state index in [4.69, 9.17) is 4.74 Å². The standard InChI is InChI=1S/C14H18FN3O3/c1-21-14-7-12(11(15)6-13(14)18(19)20)16-9-4-5-17(8-9)10-2-3-10/h6-7,9-10,16H,2-5,8H2,1H3. The van der Waals surface area contributed by atoms with Gasteiger partial charge in [-0.2, -0.15) is 0 Å². The van der Waals surface area contributed by atoms with Crippen LogP contribution in [-0.4, -0.2) is 42.1 Å². The Labute approximate surface area is 122 Å². The first-order chi connectivity index (χ1) is 10.1. The van der Waals surface area contributed by atoms with Crippen LogP contribution >= 0.6 is 0 Å². The minimum atomic E-state index is -0.643. The van der Waals surface area contributed by atoms with Crippen molar-refractivity contribution in [2.75, 3.05) is 25.5 Å². The van der Waals surface area contributed by atoms with E-state index >= 15 is 0 Å². The number of nitro benzene ring substituents is 1. The predicted octanol–water partition coefficient (Wildman–Crippen LogP) is 2.39. The van der Waals surface area contributed by atoms with Crippen LogP contribution < -0.4 is 10.1 Å². The van der Waals surface area contributed by atoms with Gasteiger partial charge in [0.05, 0.1) is 23.8 Å². The Bertz CT molecular complexity index is 563. The molecule has 7 heteroatoms. The van der Waals surface area contributed by atoms with E-state index in [0.29, 0.717) is 6.04 Å². The van der Waals surface area contributed by atoms with Gasteiger partial charge >= 0.3 is 5.69 Å². The maximum atomic E-state index is 14.0. The molecule has 1 N–H and O–H groups in total. The summed E-state index contributed by atoms with van der Waals surface area (Å²) in [7, 11) is 1.34. The van der Waals surface area contributed by atoms with Gasteiger partial charge in [0.2, 0.25) is 0 Å². The van der Waals surface area contributed by atoms with Crippen LogP contribution in [0.3, 0.4) is 0 Å². The number of nitrogens with zero attached hydrogens (tertiary/aromatic N) is 2. The van der Waals surface area contributed by atoms with Crippen molar-refractivity contribution in [2.24, 2.45) is 0 Å². The lowest BCUT2D eigenvalue weighted by molar-refractivity contribution is -0.385. The van der Waals surface area contributed by atoms with Gasteiger partial charge in [0.15, 0.2) is 11.6 Å². The molecular weight excluding hydrogens is 277 g/mol. The van der Waals surface area contributed by atoms with Crippen molar-refractivity contribution >= 4 is 11.4 Å². The molecule has 0 bridgehead atoms. The zero-order valence-electron chi connectivity index (χ0n) is 11.8. The molecule has 1 aromatic rings. The molecule has 1 aromatic carbocycles. The average molecular weight is 295 g/mol. The summed E-state index contributed by atoms with van der Waals surface area (Å²) in [5.41, 5.74) is -0.0910. The maximum Gasteiger partial charge on any atom is 0.313 e. The zero-order valence-corrected chi connectivity index (χ0v) is 11.8. The maximum absolute atomic E-state index is 14.0. The number of benzene rings is 1. The summed E-state index contributed by atoms with van der Waals surface area (Å²) in [6.07, 6.45) is 3.47. The van der Waals surface area contributed by atoms with Crippen molar-refractivity contribution in [3.8, 4) is 5.75 Å². The van der Waals surface area contributed by atoms with Crippen LogP contribution in [0.1, 0.15) is 19.3 Å². The first-order valence-corrected chi connectivity index (χ1v) is 7.11. The van der Waals surface area contributed by atoms with E-state index < -0.39 is 10.7 Å². The Morgan fingerprint density at radius 3 is 2.81 bits per heavy atom. The van der Waals surface area contributed by atoms with Gasteiger partial charge in [-0.1, -0.05) is 0 Å². The van der Waals surface area contributed by atoms with Gasteiger partial charge in [-0.25, -0.2) is 4.39 Å². The number of nitrogens with one attached hydrogen (secondary N) is 1. The van der Waals surface area contributed by atoms with E-state index in [-0.39, 0.29) is 23.2 Å². The summed E-state index contributed by atoms with van der Waals surface area (Å²) in [6, 6.07) is 3.15. The number of hydrogen-bond donors (Lipinski definition) is 1. The second kappa shape index (κ2) is 5.48. The number of methoxy groups -OCH3 is 1. The first kappa shape index (κ1) is 14.1. The molecule has 1 saturated carbocycles. The van der Waals surface area contributed by atoms with E-state index in [0.717, 1.165) is 25.6 Å². The molecule has 3 rings (SSSR count). The van der Waals surface area contributed by atoms with Gasteiger partial charge in [0.25, 0.3) is 0 Å². The van der Waals surface area contributed by atoms with Crippen molar-refractivity contribution in [1.82, 2.24) is 4.90 Å². The van der Waals surface area contributed by atoms with Gasteiger partial charge in [-0.15, -0.1) is 0 Å². The lowest BCUT2D eigenvalue weighted by Crippen LogP contribution is -2.28. The van der Waals surface area contributed by atoms with Crippen LogP contribution in [-0.2, 0) is 0 Å². The highest BCUT2D eigenvalue weighted by Crippen LogP contribution is 2.34. The van der Waals surface area contributed by atoms with Crippen LogP contribution in [0.5, 0.6) is 5.75 Å². The van der Waals surface area contributed by atoms with Crippen LogP contribution in [0.4, 0.5) is 15.8 Å². The Morgan fingerprint density at radius 1 is 1.43 bits per heavy atom. The molecule has 1 aliphatic heterocycles. The van der Waals surface area contributed by atoms with Crippen molar-refractivity contribution in [3.63, 3.8) is 0 Å². The number of nitro groups is 1. The van der Waals surface area contributed by atoms with Gasteiger partial charge in [-0.05, 0) is 19.3 Å². The third kappa shape index (κ3) is 2.92. The van der Waals surface area contributed by atoms with Crippen LogP contribution in [0, 0.1) is 15.9 Å². The summed E-state index contributed by atoms with van der Waals surface area (Å²) in [6.45, 7) is 1.91. The van der Waals surface area contributed by atoms with Gasteiger partial charge in [0.1, 0.15) is 0 Å². The highest BCUT2D eigenvalue weighted by atomic mass is 19.1. The highest BCUT2D eigenvalue weighted by Gasteiger charge is 2.34. The summed E-state index contributed by atoms with van der Waals surface area (Å²) >= 11 is 0. The number of likely N-dealkylation sites (tertiary alicyclic amines) is 1. The number of ether oxygens (including phenoxy) is 1. The largest absolute Gasteiger partial charge is 0.490 e. The molecule has 0 aromatic heterocycles.